The first kappa shape index (κ1) is 23.2. The Hall–Kier alpha value is -0.810. The minimum absolute atomic E-state index is 0. The molecule has 1 fully saturated rings. The van der Waals surface area contributed by atoms with Crippen molar-refractivity contribution in [2.45, 2.75) is 64.1 Å². The van der Waals surface area contributed by atoms with Crippen LogP contribution >= 0.6 is 24.8 Å². The maximum atomic E-state index is 12.8. The standard InChI is InChI=1S/C20H31N3O.2ClH/c1-15(23-12-11-16-7-5-6-10-18(16)14-23)20(24)22-19(13-21)17-8-3-2-4-9-17;;/h5-7,10,15,17,19H,2-4,8-9,11-14,21H2,1H3,(H,22,24);2*1H. The Labute approximate surface area is 170 Å². The highest BCUT2D eigenvalue weighted by Crippen LogP contribution is 2.26. The largest absolute Gasteiger partial charge is 0.350 e. The quantitative estimate of drug-likeness (QED) is 0.795. The number of amides is 1. The molecule has 2 atom stereocenters. The number of carbonyl (C=O) groups is 1. The van der Waals surface area contributed by atoms with E-state index in [0.29, 0.717) is 12.5 Å². The van der Waals surface area contributed by atoms with Gasteiger partial charge in [-0.2, -0.15) is 0 Å². The molecular formula is C20H33Cl2N3O. The van der Waals surface area contributed by atoms with E-state index in [1.54, 1.807) is 0 Å². The average molecular weight is 402 g/mol. The van der Waals surface area contributed by atoms with Crippen LogP contribution in [0.2, 0.25) is 0 Å². The van der Waals surface area contributed by atoms with Gasteiger partial charge in [0.2, 0.25) is 5.91 Å². The van der Waals surface area contributed by atoms with Gasteiger partial charge in [0.05, 0.1) is 6.04 Å². The van der Waals surface area contributed by atoms with Gasteiger partial charge in [0.15, 0.2) is 0 Å². The number of nitrogens with zero attached hydrogens (tertiary/aromatic N) is 1. The lowest BCUT2D eigenvalue weighted by molar-refractivity contribution is -0.127. The number of rotatable bonds is 5. The van der Waals surface area contributed by atoms with Crippen molar-refractivity contribution in [2.24, 2.45) is 11.7 Å². The second kappa shape index (κ2) is 11.1. The summed E-state index contributed by atoms with van der Waals surface area (Å²) < 4.78 is 0. The fraction of sp³-hybridized carbons (Fsp3) is 0.650. The number of halogens is 2. The van der Waals surface area contributed by atoms with E-state index in [1.807, 2.05) is 6.92 Å². The van der Waals surface area contributed by atoms with Crippen LogP contribution in [0.25, 0.3) is 0 Å². The molecule has 3 rings (SSSR count). The van der Waals surface area contributed by atoms with Gasteiger partial charge in [-0.25, -0.2) is 0 Å². The van der Waals surface area contributed by atoms with Crippen LogP contribution in [-0.2, 0) is 17.8 Å². The fourth-order valence-corrected chi connectivity index (χ4v) is 4.22. The second-order valence-corrected chi connectivity index (χ2v) is 7.41. The van der Waals surface area contributed by atoms with Crippen molar-refractivity contribution in [3.05, 3.63) is 35.4 Å². The summed E-state index contributed by atoms with van der Waals surface area (Å²) in [7, 11) is 0. The van der Waals surface area contributed by atoms with Gasteiger partial charge in [-0.05, 0) is 43.2 Å². The van der Waals surface area contributed by atoms with E-state index in [9.17, 15) is 4.79 Å². The Bertz CT molecular complexity index is 564. The molecule has 1 aliphatic carbocycles. The molecule has 0 aromatic heterocycles. The first-order chi connectivity index (χ1) is 11.7. The lowest BCUT2D eigenvalue weighted by Crippen LogP contribution is -2.53. The first-order valence-corrected chi connectivity index (χ1v) is 9.50. The smallest absolute Gasteiger partial charge is 0.237 e. The average Bonchev–Trinajstić information content (AvgIpc) is 2.65. The van der Waals surface area contributed by atoms with E-state index in [0.717, 1.165) is 19.5 Å². The molecule has 6 heteroatoms. The third-order valence-corrected chi connectivity index (χ3v) is 5.89. The van der Waals surface area contributed by atoms with Crippen molar-refractivity contribution in [2.75, 3.05) is 13.1 Å². The van der Waals surface area contributed by atoms with Crippen LogP contribution in [0.5, 0.6) is 0 Å². The van der Waals surface area contributed by atoms with Crippen molar-refractivity contribution in [3.8, 4) is 0 Å². The zero-order valence-electron chi connectivity index (χ0n) is 15.7. The van der Waals surface area contributed by atoms with E-state index in [2.05, 4.69) is 34.5 Å². The maximum absolute atomic E-state index is 12.8. The molecule has 1 aromatic carbocycles. The van der Waals surface area contributed by atoms with Crippen molar-refractivity contribution in [1.82, 2.24) is 10.2 Å². The fourth-order valence-electron chi connectivity index (χ4n) is 4.22. The Kier molecular flexibility index (Phi) is 9.94. The molecule has 2 unspecified atom stereocenters. The van der Waals surface area contributed by atoms with Crippen LogP contribution < -0.4 is 11.1 Å². The van der Waals surface area contributed by atoms with E-state index in [-0.39, 0.29) is 42.8 Å². The molecule has 1 amide bonds. The number of nitrogens with two attached hydrogens (primary N) is 1. The number of hydrogen-bond acceptors (Lipinski definition) is 3. The highest BCUT2D eigenvalue weighted by atomic mass is 35.5. The second-order valence-electron chi connectivity index (χ2n) is 7.41. The van der Waals surface area contributed by atoms with Gasteiger partial charge in [0, 0.05) is 25.7 Å². The van der Waals surface area contributed by atoms with E-state index >= 15 is 0 Å². The van der Waals surface area contributed by atoms with Gasteiger partial charge in [-0.1, -0.05) is 43.5 Å². The van der Waals surface area contributed by atoms with Crippen LogP contribution in [0.1, 0.15) is 50.2 Å². The number of fused-ring (bicyclic) bond motifs is 1. The predicted octanol–water partition coefficient (Wildman–Crippen LogP) is 3.30. The molecular weight excluding hydrogens is 369 g/mol. The van der Waals surface area contributed by atoms with Crippen LogP contribution in [0.4, 0.5) is 0 Å². The topological polar surface area (TPSA) is 58.4 Å². The molecule has 3 N–H and O–H groups in total. The molecule has 1 aliphatic heterocycles. The molecule has 148 valence electrons. The molecule has 26 heavy (non-hydrogen) atoms. The number of benzene rings is 1. The monoisotopic (exact) mass is 401 g/mol. The summed E-state index contributed by atoms with van der Waals surface area (Å²) >= 11 is 0. The summed E-state index contributed by atoms with van der Waals surface area (Å²) in [4.78, 5) is 15.0. The van der Waals surface area contributed by atoms with Gasteiger partial charge in [0.25, 0.3) is 0 Å². The molecule has 1 heterocycles. The van der Waals surface area contributed by atoms with Crippen LogP contribution in [0, 0.1) is 5.92 Å². The van der Waals surface area contributed by atoms with Gasteiger partial charge < -0.3 is 11.1 Å². The summed E-state index contributed by atoms with van der Waals surface area (Å²) in [6.45, 7) is 4.38. The normalized spacial score (nSPS) is 20.1. The van der Waals surface area contributed by atoms with E-state index in [4.69, 9.17) is 5.73 Å². The van der Waals surface area contributed by atoms with Crippen molar-refractivity contribution >= 4 is 30.7 Å². The number of carbonyl (C=O) groups excluding carboxylic acids is 1. The Balaban J connectivity index is 0.00000169. The molecule has 0 bridgehead atoms. The summed E-state index contributed by atoms with van der Waals surface area (Å²) in [5.74, 6) is 0.692. The first-order valence-electron chi connectivity index (χ1n) is 9.50. The zero-order valence-corrected chi connectivity index (χ0v) is 17.3. The predicted molar refractivity (Wildman–Crippen MR) is 112 cm³/mol. The van der Waals surface area contributed by atoms with E-state index in [1.165, 1.54) is 43.2 Å². The van der Waals surface area contributed by atoms with Gasteiger partial charge in [-0.15, -0.1) is 24.8 Å². The lowest BCUT2D eigenvalue weighted by Gasteiger charge is -2.35. The van der Waals surface area contributed by atoms with Crippen molar-refractivity contribution in [1.29, 1.82) is 0 Å². The lowest BCUT2D eigenvalue weighted by atomic mass is 9.84. The molecule has 1 saturated carbocycles. The van der Waals surface area contributed by atoms with E-state index < -0.39 is 0 Å². The minimum atomic E-state index is -0.101. The Morgan fingerprint density at radius 2 is 1.85 bits per heavy atom. The molecule has 2 aliphatic rings. The minimum Gasteiger partial charge on any atom is -0.350 e. The van der Waals surface area contributed by atoms with Gasteiger partial charge in [0.1, 0.15) is 0 Å². The van der Waals surface area contributed by atoms with Gasteiger partial charge >= 0.3 is 0 Å². The highest BCUT2D eigenvalue weighted by molar-refractivity contribution is 5.85. The molecule has 4 nitrogen and oxygen atoms in total. The van der Waals surface area contributed by atoms with Crippen LogP contribution in [0.3, 0.4) is 0 Å². The number of nitrogens with one attached hydrogen (secondary N) is 1. The van der Waals surface area contributed by atoms with Crippen molar-refractivity contribution < 1.29 is 4.79 Å². The van der Waals surface area contributed by atoms with Crippen molar-refractivity contribution in [3.63, 3.8) is 0 Å². The molecule has 0 spiro atoms. The molecule has 0 radical (unpaired) electrons. The summed E-state index contributed by atoms with van der Waals surface area (Å²) in [5.41, 5.74) is 8.74. The summed E-state index contributed by atoms with van der Waals surface area (Å²) in [6, 6.07) is 8.59. The third kappa shape index (κ3) is 5.59. The highest BCUT2D eigenvalue weighted by Gasteiger charge is 2.29. The van der Waals surface area contributed by atoms with Crippen LogP contribution in [0.15, 0.2) is 24.3 Å². The maximum Gasteiger partial charge on any atom is 0.237 e. The SMILES string of the molecule is CC(C(=O)NC(CN)C1CCCCC1)N1CCc2ccccc2C1.Cl.Cl. The summed E-state index contributed by atoms with van der Waals surface area (Å²) in [5, 5.41) is 3.25. The number of hydrogen-bond donors (Lipinski definition) is 2. The third-order valence-electron chi connectivity index (χ3n) is 5.89. The molecule has 0 saturated heterocycles. The molecule has 1 aromatic rings. The Morgan fingerprint density at radius 3 is 2.50 bits per heavy atom. The van der Waals surface area contributed by atoms with Gasteiger partial charge in [-0.3, -0.25) is 9.69 Å². The zero-order chi connectivity index (χ0) is 16.9. The van der Waals surface area contributed by atoms with Crippen LogP contribution in [-0.4, -0.2) is 36.0 Å². The Morgan fingerprint density at radius 1 is 1.19 bits per heavy atom. The summed E-state index contributed by atoms with van der Waals surface area (Å²) in [6.07, 6.45) is 7.30.